The van der Waals surface area contributed by atoms with E-state index in [1.165, 1.54) is 11.0 Å². The molecule has 1 unspecified atom stereocenters. The molecule has 0 radical (unpaired) electrons. The third-order valence-electron chi connectivity index (χ3n) is 5.43. The normalized spacial score (nSPS) is 11.5. The number of pyridine rings is 2. The van der Waals surface area contributed by atoms with Crippen LogP contribution in [0.1, 0.15) is 45.8 Å². The number of aromatic nitrogens is 2. The topological polar surface area (TPSA) is 110 Å². The van der Waals surface area contributed by atoms with Crippen molar-refractivity contribution in [2.75, 3.05) is 19.5 Å². The van der Waals surface area contributed by atoms with Crippen molar-refractivity contribution in [3.8, 4) is 5.75 Å². The zero-order valence-corrected chi connectivity index (χ0v) is 19.3. The van der Waals surface area contributed by atoms with Gasteiger partial charge in [-0.15, -0.1) is 0 Å². The Morgan fingerprint density at radius 2 is 2.00 bits per heavy atom. The molecule has 172 valence electrons. The average molecular weight is 450 g/mol. The van der Waals surface area contributed by atoms with Gasteiger partial charge >= 0.3 is 0 Å². The lowest BCUT2D eigenvalue weighted by Gasteiger charge is -2.20. The fourth-order valence-electron chi connectivity index (χ4n) is 3.62. The van der Waals surface area contributed by atoms with E-state index < -0.39 is 4.92 Å². The zero-order chi connectivity index (χ0) is 24.1. The Morgan fingerprint density at radius 1 is 1.24 bits per heavy atom. The highest BCUT2D eigenvalue weighted by Crippen LogP contribution is 2.30. The maximum atomic E-state index is 13.0. The molecule has 1 N–H and O–H groups in total. The number of benzene rings is 1. The smallest absolute Gasteiger partial charge is 0.293 e. The summed E-state index contributed by atoms with van der Waals surface area (Å²) in [6.07, 6.45) is 3.37. The fourth-order valence-corrected chi connectivity index (χ4v) is 3.62. The minimum Gasteiger partial charge on any atom is -0.496 e. The summed E-state index contributed by atoms with van der Waals surface area (Å²) < 4.78 is 5.43. The molecule has 3 rings (SSSR count). The minimum atomic E-state index is -0.499. The number of amides is 1. The van der Waals surface area contributed by atoms with E-state index in [1.807, 2.05) is 32.9 Å². The van der Waals surface area contributed by atoms with Crippen molar-refractivity contribution in [2.45, 2.75) is 33.4 Å². The van der Waals surface area contributed by atoms with Crippen LogP contribution in [0.5, 0.6) is 5.75 Å². The lowest BCUT2D eigenvalue weighted by molar-refractivity contribution is -0.384. The molecule has 0 spiro atoms. The predicted molar refractivity (Wildman–Crippen MR) is 125 cm³/mol. The Bertz CT molecular complexity index is 1170. The number of ether oxygens (including phenoxy) is 1. The van der Waals surface area contributed by atoms with Gasteiger partial charge in [0, 0.05) is 42.2 Å². The Hall–Kier alpha value is -4.01. The van der Waals surface area contributed by atoms with Crippen molar-refractivity contribution in [1.29, 1.82) is 0 Å². The van der Waals surface area contributed by atoms with E-state index in [9.17, 15) is 14.9 Å². The van der Waals surface area contributed by atoms with Crippen LogP contribution in [0.2, 0.25) is 0 Å². The van der Waals surface area contributed by atoms with E-state index in [-0.39, 0.29) is 29.7 Å². The van der Waals surface area contributed by atoms with Gasteiger partial charge in [-0.3, -0.25) is 24.9 Å². The first-order valence-electron chi connectivity index (χ1n) is 10.4. The first-order chi connectivity index (χ1) is 15.7. The number of anilines is 1. The van der Waals surface area contributed by atoms with Crippen molar-refractivity contribution < 1.29 is 14.5 Å². The molecule has 0 saturated heterocycles. The van der Waals surface area contributed by atoms with Gasteiger partial charge in [0.25, 0.3) is 11.6 Å². The largest absolute Gasteiger partial charge is 0.496 e. The summed E-state index contributed by atoms with van der Waals surface area (Å²) in [5, 5.41) is 14.8. The highest BCUT2D eigenvalue weighted by molar-refractivity contribution is 5.95. The summed E-state index contributed by atoms with van der Waals surface area (Å²) >= 11 is 0. The van der Waals surface area contributed by atoms with Gasteiger partial charge in [0.05, 0.1) is 36.0 Å². The number of hydrogen-bond acceptors (Lipinski definition) is 7. The lowest BCUT2D eigenvalue weighted by Crippen LogP contribution is -2.27. The van der Waals surface area contributed by atoms with Crippen molar-refractivity contribution >= 4 is 17.3 Å². The van der Waals surface area contributed by atoms with Gasteiger partial charge in [-0.2, -0.15) is 0 Å². The number of rotatable bonds is 8. The van der Waals surface area contributed by atoms with E-state index in [2.05, 4.69) is 15.3 Å². The molecule has 1 aromatic carbocycles. The van der Waals surface area contributed by atoms with Crippen molar-refractivity contribution in [3.05, 3.63) is 87.0 Å². The second kappa shape index (κ2) is 10.1. The molecule has 9 nitrogen and oxygen atoms in total. The molecule has 1 amide bonds. The number of nitro groups is 1. The van der Waals surface area contributed by atoms with Crippen molar-refractivity contribution in [3.63, 3.8) is 0 Å². The standard InChI is InChI=1S/C24H27N5O4/c1-15-13-26-21(16(2)23(15)33-5)14-28(4)24(30)18-9-10-20(22(12-18)29(31)32)27-17(3)19-8-6-7-11-25-19/h6-13,17,27H,14H2,1-5H3. The minimum absolute atomic E-state index is 0.177. The molecule has 0 aliphatic rings. The van der Waals surface area contributed by atoms with E-state index in [4.69, 9.17) is 4.74 Å². The van der Waals surface area contributed by atoms with Crippen LogP contribution in [0.15, 0.2) is 48.8 Å². The van der Waals surface area contributed by atoms with Gasteiger partial charge in [-0.1, -0.05) is 6.07 Å². The van der Waals surface area contributed by atoms with Crippen LogP contribution in [0.3, 0.4) is 0 Å². The van der Waals surface area contributed by atoms with E-state index in [0.29, 0.717) is 11.4 Å². The fraction of sp³-hybridized carbons (Fsp3) is 0.292. The van der Waals surface area contributed by atoms with E-state index in [0.717, 1.165) is 22.6 Å². The Labute approximate surface area is 192 Å². The van der Waals surface area contributed by atoms with E-state index >= 15 is 0 Å². The van der Waals surface area contributed by atoms with Crippen molar-refractivity contribution in [2.24, 2.45) is 0 Å². The van der Waals surface area contributed by atoms with Gasteiger partial charge in [0.2, 0.25) is 0 Å². The van der Waals surface area contributed by atoms with Crippen LogP contribution >= 0.6 is 0 Å². The second-order valence-electron chi connectivity index (χ2n) is 7.82. The molecular weight excluding hydrogens is 422 g/mol. The molecule has 1 atom stereocenters. The monoisotopic (exact) mass is 449 g/mol. The number of carbonyl (C=O) groups is 1. The van der Waals surface area contributed by atoms with Crippen molar-refractivity contribution in [1.82, 2.24) is 14.9 Å². The summed E-state index contributed by atoms with van der Waals surface area (Å²) in [7, 11) is 3.23. The molecule has 9 heteroatoms. The molecule has 0 fully saturated rings. The molecule has 0 bridgehead atoms. The average Bonchev–Trinajstić information content (AvgIpc) is 2.81. The van der Waals surface area contributed by atoms with Crippen LogP contribution < -0.4 is 10.1 Å². The third-order valence-corrected chi connectivity index (χ3v) is 5.43. The third kappa shape index (κ3) is 5.25. The molecule has 0 aliphatic carbocycles. The summed E-state index contributed by atoms with van der Waals surface area (Å²) in [5.74, 6) is 0.386. The maximum Gasteiger partial charge on any atom is 0.293 e. The molecule has 2 aromatic heterocycles. The SMILES string of the molecule is COc1c(C)cnc(CN(C)C(=O)c2ccc(NC(C)c3ccccn3)c([N+](=O)[O-])c2)c1C. The van der Waals surface area contributed by atoms with E-state index in [1.54, 1.807) is 44.8 Å². The van der Waals surface area contributed by atoms with Crippen LogP contribution in [-0.2, 0) is 6.54 Å². The number of nitrogens with one attached hydrogen (secondary N) is 1. The molecule has 0 saturated carbocycles. The Balaban J connectivity index is 1.82. The van der Waals surface area contributed by atoms with Gasteiger partial charge in [-0.05, 0) is 45.0 Å². The number of carbonyl (C=O) groups excluding carboxylic acids is 1. The Kier molecular flexibility index (Phi) is 7.22. The summed E-state index contributed by atoms with van der Waals surface area (Å²) in [6, 6.07) is 9.67. The first kappa shape index (κ1) is 23.6. The number of nitro benzene ring substituents is 1. The molecule has 0 aliphatic heterocycles. The van der Waals surface area contributed by atoms with Gasteiger partial charge in [0.1, 0.15) is 11.4 Å². The number of methoxy groups -OCH3 is 1. The van der Waals surface area contributed by atoms with Gasteiger partial charge < -0.3 is 15.0 Å². The summed E-state index contributed by atoms with van der Waals surface area (Å²) in [4.78, 5) is 34.4. The number of aryl methyl sites for hydroxylation is 1. The van der Waals surface area contributed by atoms with Gasteiger partial charge in [-0.25, -0.2) is 0 Å². The van der Waals surface area contributed by atoms with Gasteiger partial charge in [0.15, 0.2) is 0 Å². The lowest BCUT2D eigenvalue weighted by atomic mass is 10.1. The van der Waals surface area contributed by atoms with Crippen LogP contribution in [0, 0.1) is 24.0 Å². The highest BCUT2D eigenvalue weighted by atomic mass is 16.6. The summed E-state index contributed by atoms with van der Waals surface area (Å²) in [6.45, 7) is 5.90. The number of nitrogens with zero attached hydrogens (tertiary/aromatic N) is 4. The maximum absolute atomic E-state index is 13.0. The van der Waals surface area contributed by atoms with Crippen LogP contribution in [0.4, 0.5) is 11.4 Å². The van der Waals surface area contributed by atoms with Crippen LogP contribution in [0.25, 0.3) is 0 Å². The summed E-state index contributed by atoms with van der Waals surface area (Å²) in [5.41, 5.74) is 3.57. The Morgan fingerprint density at radius 3 is 2.64 bits per heavy atom. The highest BCUT2D eigenvalue weighted by Gasteiger charge is 2.22. The number of hydrogen-bond donors (Lipinski definition) is 1. The quantitative estimate of drug-likeness (QED) is 0.399. The zero-order valence-electron chi connectivity index (χ0n) is 19.3. The predicted octanol–water partition coefficient (Wildman–Crippen LogP) is 4.46. The second-order valence-corrected chi connectivity index (χ2v) is 7.82. The molecule has 2 heterocycles. The first-order valence-corrected chi connectivity index (χ1v) is 10.4. The van der Waals surface area contributed by atoms with Crippen LogP contribution in [-0.4, -0.2) is 39.9 Å². The molecule has 3 aromatic rings. The molecular formula is C24H27N5O4. The molecule has 33 heavy (non-hydrogen) atoms.